The highest BCUT2D eigenvalue weighted by molar-refractivity contribution is 5.70. The van der Waals surface area contributed by atoms with Gasteiger partial charge >= 0.3 is 6.09 Å². The summed E-state index contributed by atoms with van der Waals surface area (Å²) in [7, 11) is 2.11. The Kier molecular flexibility index (Phi) is 5.44. The Morgan fingerprint density at radius 2 is 1.92 bits per heavy atom. The number of nitrogens with one attached hydrogen (secondary N) is 1. The number of amides is 1. The van der Waals surface area contributed by atoms with E-state index in [1.54, 1.807) is 4.90 Å². The number of aromatic nitrogens is 1. The van der Waals surface area contributed by atoms with E-state index in [-0.39, 0.29) is 6.09 Å². The Bertz CT molecular complexity index is 643. The molecule has 7 heteroatoms. The lowest BCUT2D eigenvalue weighted by Gasteiger charge is -2.27. The molecule has 1 N–H and O–H groups in total. The third kappa shape index (κ3) is 4.51. The number of anilines is 3. The normalized spacial score (nSPS) is 18.5. The van der Waals surface area contributed by atoms with E-state index >= 15 is 0 Å². The molecule has 144 valence electrons. The summed E-state index contributed by atoms with van der Waals surface area (Å²) in [6, 6.07) is 4.23. The Morgan fingerprint density at radius 1 is 1.12 bits per heavy atom. The second kappa shape index (κ2) is 7.60. The van der Waals surface area contributed by atoms with E-state index in [1.165, 1.54) is 0 Å². The van der Waals surface area contributed by atoms with E-state index in [0.29, 0.717) is 6.54 Å². The molecule has 26 heavy (non-hydrogen) atoms. The van der Waals surface area contributed by atoms with Crippen molar-refractivity contribution in [3.05, 3.63) is 12.1 Å². The molecule has 0 spiro atoms. The van der Waals surface area contributed by atoms with Gasteiger partial charge in [0.05, 0.1) is 5.69 Å². The van der Waals surface area contributed by atoms with E-state index in [0.717, 1.165) is 62.9 Å². The summed E-state index contributed by atoms with van der Waals surface area (Å²) in [5.41, 5.74) is 0.690. The first-order valence-electron chi connectivity index (χ1n) is 9.52. The van der Waals surface area contributed by atoms with Gasteiger partial charge in [-0.3, -0.25) is 0 Å². The fourth-order valence-electron chi connectivity index (χ4n) is 3.35. The molecule has 3 heterocycles. The van der Waals surface area contributed by atoms with Gasteiger partial charge in [0.25, 0.3) is 0 Å². The van der Waals surface area contributed by atoms with Crippen molar-refractivity contribution < 1.29 is 9.53 Å². The summed E-state index contributed by atoms with van der Waals surface area (Å²) in [4.78, 5) is 23.5. The van der Waals surface area contributed by atoms with E-state index < -0.39 is 5.60 Å². The standard InChI is InChI=1S/C19H31N5O2/c1-19(2,3)26-18(25)24-12-6-11-23(13-14-24)16-8-7-15-17(21-16)20-9-5-10-22(15)4/h7-8H,5-6,9-14H2,1-4H3,(H,20,21). The van der Waals surface area contributed by atoms with Gasteiger partial charge in [-0.1, -0.05) is 0 Å². The van der Waals surface area contributed by atoms with Crippen molar-refractivity contribution in [1.29, 1.82) is 0 Å². The van der Waals surface area contributed by atoms with E-state index in [1.807, 2.05) is 20.8 Å². The van der Waals surface area contributed by atoms with Crippen LogP contribution in [-0.2, 0) is 4.74 Å². The van der Waals surface area contributed by atoms with E-state index in [9.17, 15) is 4.79 Å². The summed E-state index contributed by atoms with van der Waals surface area (Å²) >= 11 is 0. The molecule has 1 amide bonds. The lowest BCUT2D eigenvalue weighted by atomic mass is 10.2. The zero-order chi connectivity index (χ0) is 18.7. The van der Waals surface area contributed by atoms with Crippen LogP contribution < -0.4 is 15.1 Å². The van der Waals surface area contributed by atoms with Crippen molar-refractivity contribution in [2.45, 2.75) is 39.2 Å². The number of rotatable bonds is 1. The smallest absolute Gasteiger partial charge is 0.410 e. The number of hydrogen-bond donors (Lipinski definition) is 1. The fraction of sp³-hybridized carbons (Fsp3) is 0.684. The summed E-state index contributed by atoms with van der Waals surface area (Å²) in [5.74, 6) is 1.92. The molecule has 0 radical (unpaired) electrons. The minimum absolute atomic E-state index is 0.225. The minimum atomic E-state index is -0.459. The molecule has 0 unspecified atom stereocenters. The summed E-state index contributed by atoms with van der Waals surface area (Å²) < 4.78 is 5.51. The number of carbonyl (C=O) groups is 1. The third-order valence-electron chi connectivity index (χ3n) is 4.70. The van der Waals surface area contributed by atoms with Crippen molar-refractivity contribution in [2.24, 2.45) is 0 Å². The number of pyridine rings is 1. The first kappa shape index (κ1) is 18.6. The van der Waals surface area contributed by atoms with Crippen LogP contribution in [0.3, 0.4) is 0 Å². The van der Waals surface area contributed by atoms with Crippen molar-refractivity contribution in [3.63, 3.8) is 0 Å². The van der Waals surface area contributed by atoms with Crippen LogP contribution in [0.5, 0.6) is 0 Å². The van der Waals surface area contributed by atoms with E-state index in [2.05, 4.69) is 34.3 Å². The maximum atomic E-state index is 12.3. The molecular weight excluding hydrogens is 330 g/mol. The number of nitrogens with zero attached hydrogens (tertiary/aromatic N) is 4. The maximum Gasteiger partial charge on any atom is 0.410 e. The van der Waals surface area contributed by atoms with Gasteiger partial charge in [0, 0.05) is 46.3 Å². The van der Waals surface area contributed by atoms with Crippen LogP contribution in [0, 0.1) is 0 Å². The van der Waals surface area contributed by atoms with Crippen LogP contribution in [0.2, 0.25) is 0 Å². The second-order valence-electron chi connectivity index (χ2n) is 8.05. The topological polar surface area (TPSA) is 60.9 Å². The summed E-state index contributed by atoms with van der Waals surface area (Å²) in [6.07, 6.45) is 1.79. The lowest BCUT2D eigenvalue weighted by Crippen LogP contribution is -2.39. The van der Waals surface area contributed by atoms with Crippen molar-refractivity contribution in [3.8, 4) is 0 Å². The van der Waals surface area contributed by atoms with Gasteiger partial charge in [0.15, 0.2) is 5.82 Å². The van der Waals surface area contributed by atoms with Gasteiger partial charge in [0.1, 0.15) is 11.4 Å². The third-order valence-corrected chi connectivity index (χ3v) is 4.70. The molecule has 2 aliphatic rings. The Labute approximate surface area is 156 Å². The van der Waals surface area contributed by atoms with Crippen LogP contribution in [0.15, 0.2) is 12.1 Å². The molecule has 0 bridgehead atoms. The maximum absolute atomic E-state index is 12.3. The summed E-state index contributed by atoms with van der Waals surface area (Å²) in [5, 5.41) is 3.44. The zero-order valence-electron chi connectivity index (χ0n) is 16.4. The molecule has 0 aromatic carbocycles. The minimum Gasteiger partial charge on any atom is -0.444 e. The van der Waals surface area contributed by atoms with Crippen LogP contribution in [0.25, 0.3) is 0 Å². The highest BCUT2D eigenvalue weighted by Crippen LogP contribution is 2.28. The van der Waals surface area contributed by atoms with Crippen LogP contribution >= 0.6 is 0 Å². The number of ether oxygens (including phenoxy) is 1. The molecule has 1 fully saturated rings. The Hall–Kier alpha value is -2.18. The van der Waals surface area contributed by atoms with Crippen LogP contribution in [-0.4, -0.2) is 67.9 Å². The van der Waals surface area contributed by atoms with Crippen molar-refractivity contribution in [1.82, 2.24) is 9.88 Å². The first-order valence-corrected chi connectivity index (χ1v) is 9.52. The zero-order valence-corrected chi connectivity index (χ0v) is 16.4. The van der Waals surface area contributed by atoms with Gasteiger partial charge in [0.2, 0.25) is 0 Å². The number of hydrogen-bond acceptors (Lipinski definition) is 6. The number of carbonyl (C=O) groups excluding carboxylic acids is 1. The molecule has 0 atom stereocenters. The van der Waals surface area contributed by atoms with Gasteiger partial charge in [-0.15, -0.1) is 0 Å². The first-order chi connectivity index (χ1) is 12.3. The quantitative estimate of drug-likeness (QED) is 0.830. The summed E-state index contributed by atoms with van der Waals surface area (Å²) in [6.45, 7) is 10.7. The van der Waals surface area contributed by atoms with Crippen LogP contribution in [0.1, 0.15) is 33.6 Å². The van der Waals surface area contributed by atoms with Gasteiger partial charge in [-0.2, -0.15) is 0 Å². The Balaban J connectivity index is 1.68. The predicted molar refractivity (Wildman–Crippen MR) is 105 cm³/mol. The Morgan fingerprint density at radius 3 is 2.69 bits per heavy atom. The molecule has 2 aliphatic heterocycles. The molecular formula is C19H31N5O2. The highest BCUT2D eigenvalue weighted by atomic mass is 16.6. The average molecular weight is 361 g/mol. The van der Waals surface area contributed by atoms with Crippen molar-refractivity contribution >= 4 is 23.4 Å². The average Bonchev–Trinajstić information content (AvgIpc) is 2.92. The van der Waals surface area contributed by atoms with E-state index in [4.69, 9.17) is 9.72 Å². The largest absolute Gasteiger partial charge is 0.444 e. The van der Waals surface area contributed by atoms with Crippen LogP contribution in [0.4, 0.5) is 22.1 Å². The van der Waals surface area contributed by atoms with Gasteiger partial charge in [-0.25, -0.2) is 9.78 Å². The predicted octanol–water partition coefficient (Wildman–Crippen LogP) is 2.78. The molecule has 7 nitrogen and oxygen atoms in total. The second-order valence-corrected chi connectivity index (χ2v) is 8.05. The molecule has 3 rings (SSSR count). The highest BCUT2D eigenvalue weighted by Gasteiger charge is 2.25. The SMILES string of the molecule is CN1CCCNc2nc(N3CCCN(C(=O)OC(C)(C)C)CC3)ccc21. The molecule has 1 aromatic heterocycles. The number of fused-ring (bicyclic) bond motifs is 1. The molecule has 1 aromatic rings. The van der Waals surface area contributed by atoms with Gasteiger partial charge < -0.3 is 24.8 Å². The molecule has 0 aliphatic carbocycles. The van der Waals surface area contributed by atoms with Gasteiger partial charge in [-0.05, 0) is 45.7 Å². The van der Waals surface area contributed by atoms with Crippen molar-refractivity contribution in [2.75, 3.05) is 61.4 Å². The monoisotopic (exact) mass is 361 g/mol. The molecule has 1 saturated heterocycles. The fourth-order valence-corrected chi connectivity index (χ4v) is 3.35. The molecule has 0 saturated carbocycles. The lowest BCUT2D eigenvalue weighted by molar-refractivity contribution is 0.0263.